The lowest BCUT2D eigenvalue weighted by atomic mass is 10.1. The number of hydrogen-bond acceptors (Lipinski definition) is 7. The Bertz CT molecular complexity index is 1870. The Balaban J connectivity index is 0.000000168. The Hall–Kier alpha value is -4.27. The quantitative estimate of drug-likeness (QED) is 0.120. The van der Waals surface area contributed by atoms with Gasteiger partial charge in [-0.05, 0) is 69.3 Å². The van der Waals surface area contributed by atoms with Crippen molar-refractivity contribution >= 4 is 84.3 Å². The summed E-state index contributed by atoms with van der Waals surface area (Å²) in [5.41, 5.74) is 9.65. The molecule has 6 rings (SSSR count). The zero-order chi connectivity index (χ0) is 27.7. The number of nitrogen functional groups attached to an aromatic ring is 1. The maximum atomic E-state index is 12.1. The number of carbonyl (C=O) groups excluding carboxylic acids is 1. The number of fused-ring (bicyclic) bond motifs is 6. The van der Waals surface area contributed by atoms with Crippen molar-refractivity contribution < 1.29 is 9.53 Å². The molecule has 6 aromatic rings. The lowest BCUT2D eigenvalue weighted by molar-refractivity contribution is 0.0636. The van der Waals surface area contributed by atoms with Crippen molar-refractivity contribution in [1.82, 2.24) is 19.9 Å². The molecule has 3 N–H and O–H groups in total. The molecule has 10 heteroatoms. The number of halogens is 2. The maximum Gasteiger partial charge on any atom is 0.412 e. The van der Waals surface area contributed by atoms with Crippen molar-refractivity contribution in [3.05, 3.63) is 83.4 Å². The predicted octanol–water partition coefficient (Wildman–Crippen LogP) is 7.80. The van der Waals surface area contributed by atoms with Crippen LogP contribution in [0.15, 0.2) is 73.1 Å². The molecule has 39 heavy (non-hydrogen) atoms. The van der Waals surface area contributed by atoms with Crippen molar-refractivity contribution in [2.45, 2.75) is 26.4 Å². The van der Waals surface area contributed by atoms with Crippen molar-refractivity contribution in [2.75, 3.05) is 11.1 Å². The Morgan fingerprint density at radius 1 is 0.795 bits per heavy atom. The van der Waals surface area contributed by atoms with Crippen LogP contribution < -0.4 is 11.1 Å². The molecular formula is C29H24Cl2N6O2. The van der Waals surface area contributed by atoms with E-state index in [9.17, 15) is 4.79 Å². The molecule has 1 amide bonds. The number of nitrogens with one attached hydrogen (secondary N) is 1. The van der Waals surface area contributed by atoms with Gasteiger partial charge in [0.15, 0.2) is 0 Å². The summed E-state index contributed by atoms with van der Waals surface area (Å²) in [5, 5.41) is 7.08. The predicted molar refractivity (Wildman–Crippen MR) is 158 cm³/mol. The van der Waals surface area contributed by atoms with Gasteiger partial charge >= 0.3 is 6.09 Å². The van der Waals surface area contributed by atoms with Gasteiger partial charge < -0.3 is 10.5 Å². The third-order valence-corrected chi connectivity index (χ3v) is 6.12. The van der Waals surface area contributed by atoms with Crippen molar-refractivity contribution in [3.63, 3.8) is 0 Å². The fourth-order valence-corrected chi connectivity index (χ4v) is 4.44. The maximum absolute atomic E-state index is 12.1. The van der Waals surface area contributed by atoms with E-state index in [-0.39, 0.29) is 0 Å². The number of carbonyl (C=O) groups is 1. The number of pyridine rings is 4. The summed E-state index contributed by atoms with van der Waals surface area (Å²) in [4.78, 5) is 29.4. The highest BCUT2D eigenvalue weighted by Gasteiger charge is 2.18. The molecule has 4 aromatic heterocycles. The number of hydrogen-bond donors (Lipinski definition) is 2. The molecule has 0 spiro atoms. The van der Waals surface area contributed by atoms with E-state index in [1.54, 1.807) is 24.5 Å². The molecule has 0 aliphatic rings. The third-order valence-electron chi connectivity index (χ3n) is 5.70. The number of aromatic nitrogens is 4. The molecular weight excluding hydrogens is 535 g/mol. The van der Waals surface area contributed by atoms with E-state index < -0.39 is 11.7 Å². The largest absolute Gasteiger partial charge is 0.444 e. The number of benzene rings is 2. The monoisotopic (exact) mass is 558 g/mol. The molecule has 8 nitrogen and oxygen atoms in total. The average Bonchev–Trinajstić information content (AvgIpc) is 2.88. The fraction of sp³-hybridized carbons (Fsp3) is 0.138. The molecule has 0 atom stereocenters. The molecule has 0 aliphatic carbocycles. The van der Waals surface area contributed by atoms with Crippen LogP contribution in [0.2, 0.25) is 10.3 Å². The smallest absolute Gasteiger partial charge is 0.412 e. The number of rotatable bonds is 1. The van der Waals surface area contributed by atoms with Gasteiger partial charge in [0.05, 0.1) is 16.7 Å². The van der Waals surface area contributed by atoms with Crippen LogP contribution in [0.1, 0.15) is 20.8 Å². The standard InChI is InChI=1S/C17H16ClN3O2.C12H8ClN3/c1-17(2,3)23-16(22)20-12-9-10-5-4-8-19-14(10)15-11(12)6-7-13(18)21-15;13-10-4-3-8-9(14)6-7-2-1-5-15-11(7)12(8)16-10/h4-9H,1-3H3,(H,20,22);1-6H,14H2. The molecule has 0 saturated heterocycles. The second-order valence-corrected chi connectivity index (χ2v) is 10.5. The Labute approximate surface area is 234 Å². The van der Waals surface area contributed by atoms with E-state index in [4.69, 9.17) is 33.7 Å². The minimum absolute atomic E-state index is 0.374. The van der Waals surface area contributed by atoms with Crippen molar-refractivity contribution in [2.24, 2.45) is 0 Å². The molecule has 196 valence electrons. The number of ether oxygens (including phenoxy) is 1. The Morgan fingerprint density at radius 3 is 1.92 bits per heavy atom. The zero-order valence-electron chi connectivity index (χ0n) is 21.4. The van der Waals surface area contributed by atoms with E-state index >= 15 is 0 Å². The summed E-state index contributed by atoms with van der Waals surface area (Å²) >= 11 is 11.9. The number of nitrogens with two attached hydrogens (primary N) is 1. The van der Waals surface area contributed by atoms with Gasteiger partial charge in [0.2, 0.25) is 0 Å². The normalized spacial score (nSPS) is 11.4. The first-order valence-corrected chi connectivity index (χ1v) is 12.8. The van der Waals surface area contributed by atoms with Crippen molar-refractivity contribution in [3.8, 4) is 0 Å². The van der Waals surface area contributed by atoms with Gasteiger partial charge in [-0.1, -0.05) is 35.3 Å². The number of anilines is 2. The summed E-state index contributed by atoms with van der Waals surface area (Å²) in [6, 6.07) is 18.4. The highest BCUT2D eigenvalue weighted by atomic mass is 35.5. The van der Waals surface area contributed by atoms with Gasteiger partial charge in [-0.3, -0.25) is 15.3 Å². The Kier molecular flexibility index (Phi) is 7.08. The summed E-state index contributed by atoms with van der Waals surface area (Å²) in [5.74, 6) is 0. The molecule has 0 aliphatic heterocycles. The SMILES string of the molecule is CC(C)(C)OC(=O)Nc1cc2cccnc2c2nc(Cl)ccc12.Nc1cc2cccnc2c2nc(Cl)ccc12. The van der Waals surface area contributed by atoms with Crippen LogP contribution in [0.4, 0.5) is 16.2 Å². The molecule has 4 heterocycles. The fourth-order valence-electron chi connectivity index (χ4n) is 4.14. The molecule has 0 unspecified atom stereocenters. The summed E-state index contributed by atoms with van der Waals surface area (Å²) < 4.78 is 5.31. The highest BCUT2D eigenvalue weighted by Crippen LogP contribution is 2.31. The third kappa shape index (κ3) is 5.77. The second-order valence-electron chi connectivity index (χ2n) is 9.73. The van der Waals surface area contributed by atoms with E-state index in [0.717, 1.165) is 38.1 Å². The zero-order valence-corrected chi connectivity index (χ0v) is 22.9. The van der Waals surface area contributed by atoms with Gasteiger partial charge in [0.1, 0.15) is 26.9 Å². The van der Waals surface area contributed by atoms with Crippen molar-refractivity contribution in [1.29, 1.82) is 0 Å². The molecule has 2 aromatic carbocycles. The lowest BCUT2D eigenvalue weighted by Crippen LogP contribution is -2.27. The van der Waals surface area contributed by atoms with Crippen LogP contribution in [0.25, 0.3) is 43.6 Å². The van der Waals surface area contributed by atoms with Crippen LogP contribution in [-0.4, -0.2) is 31.6 Å². The molecule has 0 radical (unpaired) electrons. The molecule has 0 fully saturated rings. The van der Waals surface area contributed by atoms with Crippen LogP contribution in [0, 0.1) is 0 Å². The van der Waals surface area contributed by atoms with E-state index in [1.165, 1.54) is 0 Å². The van der Waals surface area contributed by atoms with Gasteiger partial charge in [-0.15, -0.1) is 0 Å². The van der Waals surface area contributed by atoms with Crippen LogP contribution in [0.3, 0.4) is 0 Å². The minimum Gasteiger partial charge on any atom is -0.444 e. The van der Waals surface area contributed by atoms with E-state index in [0.29, 0.717) is 27.2 Å². The van der Waals surface area contributed by atoms with Gasteiger partial charge in [-0.25, -0.2) is 14.8 Å². The topological polar surface area (TPSA) is 116 Å². The van der Waals surface area contributed by atoms with Crippen LogP contribution in [0.5, 0.6) is 0 Å². The summed E-state index contributed by atoms with van der Waals surface area (Å²) in [6.07, 6.45) is 2.92. The van der Waals surface area contributed by atoms with Gasteiger partial charge in [0.25, 0.3) is 0 Å². The highest BCUT2D eigenvalue weighted by molar-refractivity contribution is 6.30. The summed E-state index contributed by atoms with van der Waals surface area (Å²) in [6.45, 7) is 5.45. The van der Waals surface area contributed by atoms with Crippen LogP contribution >= 0.6 is 23.2 Å². The first kappa shape index (κ1) is 26.3. The van der Waals surface area contributed by atoms with Gasteiger partial charge in [-0.2, -0.15) is 0 Å². The lowest BCUT2D eigenvalue weighted by Gasteiger charge is -2.20. The first-order chi connectivity index (χ1) is 18.6. The minimum atomic E-state index is -0.570. The summed E-state index contributed by atoms with van der Waals surface area (Å²) in [7, 11) is 0. The second kappa shape index (κ2) is 10.5. The molecule has 0 saturated carbocycles. The average molecular weight is 559 g/mol. The van der Waals surface area contributed by atoms with Crippen LogP contribution in [-0.2, 0) is 4.74 Å². The first-order valence-electron chi connectivity index (χ1n) is 12.0. The number of nitrogens with zero attached hydrogens (tertiary/aromatic N) is 4. The van der Waals surface area contributed by atoms with Gasteiger partial charge in [0, 0.05) is 39.6 Å². The number of amides is 1. The van der Waals surface area contributed by atoms with E-state index in [2.05, 4.69) is 25.3 Å². The Morgan fingerprint density at radius 2 is 1.33 bits per heavy atom. The van der Waals surface area contributed by atoms with E-state index in [1.807, 2.05) is 69.3 Å². The molecule has 0 bridgehead atoms.